The van der Waals surface area contributed by atoms with E-state index in [0.29, 0.717) is 36.7 Å². The van der Waals surface area contributed by atoms with Crippen LogP contribution in [-0.2, 0) is 9.53 Å². The van der Waals surface area contributed by atoms with Gasteiger partial charge in [0, 0.05) is 30.9 Å². The first kappa shape index (κ1) is 20.7. The van der Waals surface area contributed by atoms with E-state index in [-0.39, 0.29) is 12.3 Å². The van der Waals surface area contributed by atoms with E-state index in [4.69, 9.17) is 9.47 Å². The number of benzene rings is 2. The molecule has 0 radical (unpaired) electrons. The maximum atomic E-state index is 11.9. The predicted octanol–water partition coefficient (Wildman–Crippen LogP) is 2.38. The summed E-state index contributed by atoms with van der Waals surface area (Å²) in [6.07, 6.45) is 0. The van der Waals surface area contributed by atoms with Crippen LogP contribution in [0.15, 0.2) is 48.5 Å². The summed E-state index contributed by atoms with van der Waals surface area (Å²) in [7, 11) is 0. The normalized spacial score (nSPS) is 10.0. The van der Waals surface area contributed by atoms with Crippen LogP contribution in [0.1, 0.15) is 17.3 Å². The number of ether oxygens (including phenoxy) is 2. The SMILES string of the molecule is CCOc1ccc(C(=O)OCC(=O)NCCNc2ccc([N+](=O)[O-])cc2)cc1. The number of hydrogen-bond acceptors (Lipinski definition) is 7. The maximum absolute atomic E-state index is 11.9. The maximum Gasteiger partial charge on any atom is 0.338 e. The Labute approximate surface area is 161 Å². The molecule has 0 aliphatic rings. The molecule has 0 aromatic heterocycles. The first-order valence-corrected chi connectivity index (χ1v) is 8.64. The average Bonchev–Trinajstić information content (AvgIpc) is 2.70. The van der Waals surface area contributed by atoms with Crippen molar-refractivity contribution in [2.75, 3.05) is 31.6 Å². The van der Waals surface area contributed by atoms with Crippen molar-refractivity contribution in [2.24, 2.45) is 0 Å². The number of amides is 1. The van der Waals surface area contributed by atoms with Crippen LogP contribution in [0, 0.1) is 10.1 Å². The second-order valence-corrected chi connectivity index (χ2v) is 5.61. The number of nitrogens with one attached hydrogen (secondary N) is 2. The highest BCUT2D eigenvalue weighted by atomic mass is 16.6. The number of nitro benzene ring substituents is 1. The molecule has 0 saturated carbocycles. The van der Waals surface area contributed by atoms with Crippen molar-refractivity contribution in [1.29, 1.82) is 0 Å². The van der Waals surface area contributed by atoms with Gasteiger partial charge < -0.3 is 20.1 Å². The molecule has 0 saturated heterocycles. The van der Waals surface area contributed by atoms with Crippen LogP contribution >= 0.6 is 0 Å². The van der Waals surface area contributed by atoms with Gasteiger partial charge in [0.1, 0.15) is 5.75 Å². The highest BCUT2D eigenvalue weighted by molar-refractivity contribution is 5.91. The summed E-state index contributed by atoms with van der Waals surface area (Å²) in [5, 5.41) is 16.2. The van der Waals surface area contributed by atoms with E-state index in [1.165, 1.54) is 12.1 Å². The van der Waals surface area contributed by atoms with Crippen LogP contribution in [0.2, 0.25) is 0 Å². The van der Waals surface area contributed by atoms with Gasteiger partial charge in [-0.1, -0.05) is 0 Å². The van der Waals surface area contributed by atoms with E-state index in [1.54, 1.807) is 36.4 Å². The summed E-state index contributed by atoms with van der Waals surface area (Å²) in [6, 6.07) is 12.4. The molecule has 0 heterocycles. The standard InChI is InChI=1S/C19H21N3O6/c1-2-27-17-9-3-14(4-10-17)19(24)28-13-18(23)21-12-11-20-15-5-7-16(8-6-15)22(25)26/h3-10,20H,2,11-13H2,1H3,(H,21,23). The highest BCUT2D eigenvalue weighted by Crippen LogP contribution is 2.15. The van der Waals surface area contributed by atoms with Gasteiger partial charge in [0.2, 0.25) is 0 Å². The zero-order chi connectivity index (χ0) is 20.4. The second kappa shape index (κ2) is 10.5. The molecule has 1 amide bonds. The van der Waals surface area contributed by atoms with Gasteiger partial charge in [-0.15, -0.1) is 0 Å². The van der Waals surface area contributed by atoms with Crippen molar-refractivity contribution in [3.05, 3.63) is 64.2 Å². The highest BCUT2D eigenvalue weighted by Gasteiger charge is 2.10. The molecule has 148 valence electrons. The Kier molecular flexibility index (Phi) is 7.77. The molecule has 0 unspecified atom stereocenters. The van der Waals surface area contributed by atoms with Crippen LogP contribution in [0.4, 0.5) is 11.4 Å². The summed E-state index contributed by atoms with van der Waals surface area (Å²) in [5.41, 5.74) is 1.03. The second-order valence-electron chi connectivity index (χ2n) is 5.61. The number of hydrogen-bond donors (Lipinski definition) is 2. The lowest BCUT2D eigenvalue weighted by Gasteiger charge is -2.09. The number of carbonyl (C=O) groups excluding carboxylic acids is 2. The number of esters is 1. The number of carbonyl (C=O) groups is 2. The Morgan fingerprint density at radius 2 is 1.71 bits per heavy atom. The lowest BCUT2D eigenvalue weighted by atomic mass is 10.2. The van der Waals surface area contributed by atoms with E-state index in [0.717, 1.165) is 0 Å². The molecule has 0 spiro atoms. The third kappa shape index (κ3) is 6.60. The molecule has 0 fully saturated rings. The summed E-state index contributed by atoms with van der Waals surface area (Å²) >= 11 is 0. The fraction of sp³-hybridized carbons (Fsp3) is 0.263. The molecule has 2 rings (SSSR count). The van der Waals surface area contributed by atoms with E-state index >= 15 is 0 Å². The van der Waals surface area contributed by atoms with Crippen molar-refractivity contribution < 1.29 is 24.0 Å². The van der Waals surface area contributed by atoms with Crippen molar-refractivity contribution in [3.8, 4) is 5.75 Å². The van der Waals surface area contributed by atoms with Crippen LogP contribution < -0.4 is 15.4 Å². The topological polar surface area (TPSA) is 120 Å². The fourth-order valence-corrected chi connectivity index (χ4v) is 2.23. The molecule has 9 nitrogen and oxygen atoms in total. The Bertz CT molecular complexity index is 805. The van der Waals surface area contributed by atoms with E-state index < -0.39 is 16.8 Å². The van der Waals surface area contributed by atoms with Gasteiger partial charge >= 0.3 is 5.97 Å². The van der Waals surface area contributed by atoms with Crippen molar-refractivity contribution in [2.45, 2.75) is 6.92 Å². The number of rotatable bonds is 10. The summed E-state index contributed by atoms with van der Waals surface area (Å²) in [6.45, 7) is 2.72. The average molecular weight is 387 g/mol. The molecule has 0 aliphatic carbocycles. The monoisotopic (exact) mass is 387 g/mol. The Morgan fingerprint density at radius 3 is 2.32 bits per heavy atom. The van der Waals surface area contributed by atoms with E-state index in [2.05, 4.69) is 10.6 Å². The Hall–Kier alpha value is -3.62. The fourth-order valence-electron chi connectivity index (χ4n) is 2.23. The van der Waals surface area contributed by atoms with Crippen LogP contribution in [0.5, 0.6) is 5.75 Å². The van der Waals surface area contributed by atoms with Crippen LogP contribution in [-0.4, -0.2) is 43.1 Å². The van der Waals surface area contributed by atoms with Crippen LogP contribution in [0.3, 0.4) is 0 Å². The summed E-state index contributed by atoms with van der Waals surface area (Å²) < 4.78 is 10.3. The number of non-ortho nitro benzene ring substituents is 1. The summed E-state index contributed by atoms with van der Waals surface area (Å²) in [4.78, 5) is 33.8. The van der Waals surface area contributed by atoms with Gasteiger partial charge in [0.25, 0.3) is 11.6 Å². The van der Waals surface area contributed by atoms with Gasteiger partial charge in [0.05, 0.1) is 17.1 Å². The minimum atomic E-state index is -0.595. The lowest BCUT2D eigenvalue weighted by Crippen LogP contribution is -2.32. The first-order valence-electron chi connectivity index (χ1n) is 8.64. The Morgan fingerprint density at radius 1 is 1.04 bits per heavy atom. The molecule has 2 N–H and O–H groups in total. The molecule has 28 heavy (non-hydrogen) atoms. The molecule has 9 heteroatoms. The molecule has 2 aromatic carbocycles. The smallest absolute Gasteiger partial charge is 0.338 e. The minimum absolute atomic E-state index is 0.00759. The molecule has 0 atom stereocenters. The van der Waals surface area contributed by atoms with Crippen LogP contribution in [0.25, 0.3) is 0 Å². The van der Waals surface area contributed by atoms with Gasteiger partial charge in [-0.05, 0) is 43.3 Å². The zero-order valence-corrected chi connectivity index (χ0v) is 15.3. The third-order valence-corrected chi connectivity index (χ3v) is 3.59. The van der Waals surface area contributed by atoms with Crippen molar-refractivity contribution >= 4 is 23.3 Å². The summed E-state index contributed by atoms with van der Waals surface area (Å²) in [5.74, 6) is -0.371. The number of nitro groups is 1. The lowest BCUT2D eigenvalue weighted by molar-refractivity contribution is -0.384. The predicted molar refractivity (Wildman–Crippen MR) is 102 cm³/mol. The zero-order valence-electron chi connectivity index (χ0n) is 15.3. The van der Waals surface area contributed by atoms with Gasteiger partial charge in [0.15, 0.2) is 6.61 Å². The van der Waals surface area contributed by atoms with E-state index in [9.17, 15) is 19.7 Å². The molecular formula is C19H21N3O6. The quantitative estimate of drug-likeness (QED) is 0.278. The van der Waals surface area contributed by atoms with Gasteiger partial charge in [-0.3, -0.25) is 14.9 Å². The number of nitrogens with zero attached hydrogens (tertiary/aromatic N) is 1. The largest absolute Gasteiger partial charge is 0.494 e. The molecule has 0 aliphatic heterocycles. The first-order chi connectivity index (χ1) is 13.5. The van der Waals surface area contributed by atoms with Crippen molar-refractivity contribution in [3.63, 3.8) is 0 Å². The molecule has 2 aromatic rings. The van der Waals surface area contributed by atoms with Gasteiger partial charge in [-0.25, -0.2) is 4.79 Å². The van der Waals surface area contributed by atoms with E-state index in [1.807, 2.05) is 6.92 Å². The molecule has 0 bridgehead atoms. The third-order valence-electron chi connectivity index (χ3n) is 3.59. The minimum Gasteiger partial charge on any atom is -0.494 e. The van der Waals surface area contributed by atoms with Gasteiger partial charge in [-0.2, -0.15) is 0 Å². The number of anilines is 1. The van der Waals surface area contributed by atoms with Crippen molar-refractivity contribution in [1.82, 2.24) is 5.32 Å². The molecular weight excluding hydrogens is 366 g/mol. The Balaban J connectivity index is 1.65.